The summed E-state index contributed by atoms with van der Waals surface area (Å²) < 4.78 is 0. The van der Waals surface area contributed by atoms with Crippen LogP contribution in [-0.2, 0) is 11.2 Å². The van der Waals surface area contributed by atoms with Crippen molar-refractivity contribution >= 4 is 11.6 Å². The number of rotatable bonds is 8. The van der Waals surface area contributed by atoms with Crippen LogP contribution in [0.15, 0.2) is 24.3 Å². The number of amides is 1. The number of hydrogen-bond donors (Lipinski definition) is 2. The third-order valence-electron chi connectivity index (χ3n) is 3.44. The van der Waals surface area contributed by atoms with Gasteiger partial charge in [-0.1, -0.05) is 38.8 Å². The van der Waals surface area contributed by atoms with Gasteiger partial charge in [-0.15, -0.1) is 0 Å². The predicted octanol–water partition coefficient (Wildman–Crippen LogP) is 3.34. The number of nitrogens with one attached hydrogen (secondary N) is 1. The predicted molar refractivity (Wildman–Crippen MR) is 81.1 cm³/mol. The van der Waals surface area contributed by atoms with Gasteiger partial charge in [0.15, 0.2) is 0 Å². The normalized spacial score (nSPS) is 12.2. The molecule has 19 heavy (non-hydrogen) atoms. The number of aryl methyl sites for hydroxylation is 1. The van der Waals surface area contributed by atoms with Crippen LogP contribution in [0, 0.1) is 5.92 Å². The summed E-state index contributed by atoms with van der Waals surface area (Å²) in [5, 5.41) is 2.93. The van der Waals surface area contributed by atoms with Crippen LogP contribution in [0.4, 0.5) is 5.69 Å². The molecule has 0 saturated heterocycles. The standard InChI is InChI=1S/C16H26N2O/c1-3-5-6-14-7-9-15(10-8-14)18-16(19)11-13(4-2)12-17/h7-10,13H,3-6,11-12,17H2,1-2H3,(H,18,19). The van der Waals surface area contributed by atoms with Gasteiger partial charge in [-0.3, -0.25) is 4.79 Å². The summed E-state index contributed by atoms with van der Waals surface area (Å²) in [6, 6.07) is 8.13. The maximum absolute atomic E-state index is 11.8. The first-order valence-corrected chi connectivity index (χ1v) is 7.28. The lowest BCUT2D eigenvalue weighted by molar-refractivity contribution is -0.117. The van der Waals surface area contributed by atoms with Crippen LogP contribution < -0.4 is 11.1 Å². The van der Waals surface area contributed by atoms with Gasteiger partial charge in [0.2, 0.25) is 5.91 Å². The van der Waals surface area contributed by atoms with Crippen LogP contribution in [-0.4, -0.2) is 12.5 Å². The summed E-state index contributed by atoms with van der Waals surface area (Å²) in [5.74, 6) is 0.336. The summed E-state index contributed by atoms with van der Waals surface area (Å²) in [6.45, 7) is 4.82. The molecule has 0 aliphatic rings. The molecule has 0 spiro atoms. The maximum atomic E-state index is 11.8. The summed E-state index contributed by atoms with van der Waals surface area (Å²) >= 11 is 0. The van der Waals surface area contributed by atoms with Crippen LogP contribution in [0.3, 0.4) is 0 Å². The van der Waals surface area contributed by atoms with Crippen LogP contribution in [0.1, 0.15) is 45.1 Å². The first-order chi connectivity index (χ1) is 9.19. The summed E-state index contributed by atoms with van der Waals surface area (Å²) in [6.07, 6.45) is 4.97. The zero-order chi connectivity index (χ0) is 14.1. The Morgan fingerprint density at radius 3 is 2.47 bits per heavy atom. The number of unbranched alkanes of at least 4 members (excludes halogenated alkanes) is 1. The van der Waals surface area contributed by atoms with E-state index in [0.29, 0.717) is 13.0 Å². The van der Waals surface area contributed by atoms with Gasteiger partial charge in [0.1, 0.15) is 0 Å². The van der Waals surface area contributed by atoms with Crippen molar-refractivity contribution in [2.24, 2.45) is 11.7 Å². The number of hydrogen-bond acceptors (Lipinski definition) is 2. The molecule has 1 aromatic rings. The SMILES string of the molecule is CCCCc1ccc(NC(=O)CC(CC)CN)cc1. The molecule has 1 aromatic carbocycles. The minimum absolute atomic E-state index is 0.0543. The van der Waals surface area contributed by atoms with E-state index in [1.54, 1.807) is 0 Å². The fourth-order valence-electron chi connectivity index (χ4n) is 2.00. The first kappa shape index (κ1) is 15.7. The highest BCUT2D eigenvalue weighted by Gasteiger charge is 2.10. The Kier molecular flexibility index (Phi) is 7.19. The van der Waals surface area contributed by atoms with Gasteiger partial charge in [0, 0.05) is 12.1 Å². The van der Waals surface area contributed by atoms with Crippen molar-refractivity contribution in [1.29, 1.82) is 0 Å². The van der Waals surface area contributed by atoms with Crippen molar-refractivity contribution in [2.45, 2.75) is 46.0 Å². The lowest BCUT2D eigenvalue weighted by atomic mass is 10.0. The summed E-state index contributed by atoms with van der Waals surface area (Å²) in [4.78, 5) is 11.8. The van der Waals surface area contributed by atoms with Crippen LogP contribution >= 0.6 is 0 Å². The smallest absolute Gasteiger partial charge is 0.224 e. The van der Waals surface area contributed by atoms with Crippen molar-refractivity contribution in [3.05, 3.63) is 29.8 Å². The second kappa shape index (κ2) is 8.70. The molecule has 0 bridgehead atoms. The zero-order valence-electron chi connectivity index (χ0n) is 12.1. The third kappa shape index (κ3) is 5.88. The molecule has 0 fully saturated rings. The Labute approximate surface area is 116 Å². The highest BCUT2D eigenvalue weighted by atomic mass is 16.1. The molecule has 0 radical (unpaired) electrons. The zero-order valence-corrected chi connectivity index (χ0v) is 12.1. The van der Waals surface area contributed by atoms with Crippen LogP contribution in [0.25, 0.3) is 0 Å². The van der Waals surface area contributed by atoms with Crippen molar-refractivity contribution < 1.29 is 4.79 Å². The number of carbonyl (C=O) groups is 1. The maximum Gasteiger partial charge on any atom is 0.224 e. The lowest BCUT2D eigenvalue weighted by Crippen LogP contribution is -2.21. The molecule has 1 rings (SSSR count). The van der Waals surface area contributed by atoms with Crippen molar-refractivity contribution in [3.63, 3.8) is 0 Å². The molecular formula is C16H26N2O. The molecule has 1 unspecified atom stereocenters. The van der Waals surface area contributed by atoms with E-state index in [1.165, 1.54) is 18.4 Å². The van der Waals surface area contributed by atoms with E-state index in [-0.39, 0.29) is 11.8 Å². The van der Waals surface area contributed by atoms with Gasteiger partial charge in [0.25, 0.3) is 0 Å². The first-order valence-electron chi connectivity index (χ1n) is 7.28. The number of carbonyl (C=O) groups excluding carboxylic acids is 1. The summed E-state index contributed by atoms with van der Waals surface area (Å²) in [7, 11) is 0. The topological polar surface area (TPSA) is 55.1 Å². The highest BCUT2D eigenvalue weighted by molar-refractivity contribution is 5.90. The van der Waals surface area contributed by atoms with E-state index in [9.17, 15) is 4.79 Å². The Balaban J connectivity index is 2.46. The van der Waals surface area contributed by atoms with Crippen molar-refractivity contribution in [3.8, 4) is 0 Å². The molecule has 3 N–H and O–H groups in total. The second-order valence-electron chi connectivity index (χ2n) is 5.06. The molecular weight excluding hydrogens is 236 g/mol. The Morgan fingerprint density at radius 1 is 1.26 bits per heavy atom. The Hall–Kier alpha value is -1.35. The third-order valence-corrected chi connectivity index (χ3v) is 3.44. The second-order valence-corrected chi connectivity index (χ2v) is 5.06. The molecule has 1 amide bonds. The molecule has 106 valence electrons. The van der Waals surface area contributed by atoms with Crippen LogP contribution in [0.5, 0.6) is 0 Å². The Morgan fingerprint density at radius 2 is 1.95 bits per heavy atom. The van der Waals surface area contributed by atoms with Gasteiger partial charge >= 0.3 is 0 Å². The molecule has 3 heteroatoms. The molecule has 0 aromatic heterocycles. The quantitative estimate of drug-likeness (QED) is 0.755. The molecule has 0 saturated carbocycles. The van der Waals surface area contributed by atoms with E-state index in [4.69, 9.17) is 5.73 Å². The Bertz CT molecular complexity index is 369. The van der Waals surface area contributed by atoms with E-state index >= 15 is 0 Å². The monoisotopic (exact) mass is 262 g/mol. The van der Waals surface area contributed by atoms with Gasteiger partial charge in [-0.05, 0) is 43.0 Å². The average Bonchev–Trinajstić information content (AvgIpc) is 2.44. The van der Waals surface area contributed by atoms with E-state index in [0.717, 1.165) is 18.5 Å². The number of benzene rings is 1. The lowest BCUT2D eigenvalue weighted by Gasteiger charge is -2.12. The van der Waals surface area contributed by atoms with E-state index in [1.807, 2.05) is 12.1 Å². The van der Waals surface area contributed by atoms with Crippen LogP contribution in [0.2, 0.25) is 0 Å². The van der Waals surface area contributed by atoms with E-state index in [2.05, 4.69) is 31.3 Å². The minimum Gasteiger partial charge on any atom is -0.330 e. The average molecular weight is 262 g/mol. The van der Waals surface area contributed by atoms with Gasteiger partial charge < -0.3 is 11.1 Å². The van der Waals surface area contributed by atoms with Gasteiger partial charge in [-0.2, -0.15) is 0 Å². The molecule has 1 atom stereocenters. The molecule has 0 aliphatic heterocycles. The summed E-state index contributed by atoms with van der Waals surface area (Å²) in [5.41, 5.74) is 7.81. The highest BCUT2D eigenvalue weighted by Crippen LogP contribution is 2.13. The van der Waals surface area contributed by atoms with Gasteiger partial charge in [0.05, 0.1) is 0 Å². The van der Waals surface area contributed by atoms with Crippen molar-refractivity contribution in [2.75, 3.05) is 11.9 Å². The minimum atomic E-state index is 0.0543. The molecule has 0 heterocycles. The van der Waals surface area contributed by atoms with E-state index < -0.39 is 0 Å². The fraction of sp³-hybridized carbons (Fsp3) is 0.562. The molecule has 3 nitrogen and oxygen atoms in total. The molecule has 0 aliphatic carbocycles. The number of nitrogens with two attached hydrogens (primary N) is 1. The largest absolute Gasteiger partial charge is 0.330 e. The fourth-order valence-corrected chi connectivity index (χ4v) is 2.00. The van der Waals surface area contributed by atoms with Crippen molar-refractivity contribution in [1.82, 2.24) is 0 Å². The number of anilines is 1. The van der Waals surface area contributed by atoms with Gasteiger partial charge in [-0.25, -0.2) is 0 Å².